The van der Waals surface area contributed by atoms with Crippen LogP contribution in [0.4, 0.5) is 0 Å². The van der Waals surface area contributed by atoms with Gasteiger partial charge in [0.1, 0.15) is 0 Å². The molecule has 1 N–H and O–H groups in total. The van der Waals surface area contributed by atoms with Crippen molar-refractivity contribution < 1.29 is 13.2 Å². The second-order valence-corrected chi connectivity index (χ2v) is 7.36. The highest BCUT2D eigenvalue weighted by atomic mass is 32.2. The molecule has 2 aromatic rings. The van der Waals surface area contributed by atoms with Gasteiger partial charge in [-0.3, -0.25) is 9.78 Å². The normalized spacial score (nSPS) is 16.5. The minimum absolute atomic E-state index is 0.458. The van der Waals surface area contributed by atoms with Crippen molar-refractivity contribution in [3.63, 3.8) is 0 Å². The zero-order valence-corrected chi connectivity index (χ0v) is 14.0. The van der Waals surface area contributed by atoms with Crippen molar-refractivity contribution in [3.05, 3.63) is 48.2 Å². The fourth-order valence-corrected chi connectivity index (χ4v) is 3.95. The van der Waals surface area contributed by atoms with Crippen molar-refractivity contribution in [3.8, 4) is 0 Å². The van der Waals surface area contributed by atoms with E-state index in [1.165, 1.54) is 10.4 Å². The van der Waals surface area contributed by atoms with Crippen molar-refractivity contribution in [2.24, 2.45) is 0 Å². The first-order valence-corrected chi connectivity index (χ1v) is 9.34. The van der Waals surface area contributed by atoms with Crippen LogP contribution in [0.2, 0.25) is 0 Å². The lowest BCUT2D eigenvalue weighted by molar-refractivity contribution is -0.114. The molecule has 2 heterocycles. The van der Waals surface area contributed by atoms with Gasteiger partial charge in [-0.15, -0.1) is 0 Å². The second-order valence-electron chi connectivity index (χ2n) is 5.69. The fraction of sp³-hybridized carbons (Fsp3) is 0.294. The van der Waals surface area contributed by atoms with Crippen LogP contribution in [0.1, 0.15) is 24.8 Å². The number of nitrogens with one attached hydrogen (secondary N) is 1. The predicted molar refractivity (Wildman–Crippen MR) is 93.3 cm³/mol. The number of carbonyl (C=O) groups excluding carboxylic acids is 1. The summed E-state index contributed by atoms with van der Waals surface area (Å²) in [4.78, 5) is 16.3. The minimum atomic E-state index is -3.76. The monoisotopic (exact) mass is 345 g/mol. The van der Waals surface area contributed by atoms with Crippen LogP contribution in [0.15, 0.2) is 42.6 Å². The molecule has 3 rings (SSSR count). The molecule has 1 fully saturated rings. The molecule has 0 saturated carbocycles. The van der Waals surface area contributed by atoms with Crippen molar-refractivity contribution in [2.75, 3.05) is 13.1 Å². The van der Waals surface area contributed by atoms with Crippen LogP contribution in [0.3, 0.4) is 0 Å². The third kappa shape index (κ3) is 3.80. The second kappa shape index (κ2) is 7.11. The smallest absolute Gasteiger partial charge is 0.269 e. The van der Waals surface area contributed by atoms with Gasteiger partial charge in [0, 0.05) is 36.3 Å². The molecule has 0 bridgehead atoms. The highest BCUT2D eigenvalue weighted by Gasteiger charge is 2.24. The third-order valence-electron chi connectivity index (χ3n) is 3.96. The number of hydrogen-bond donors (Lipinski definition) is 1. The Labute approximate surface area is 141 Å². The standard InChI is InChI=1S/C17H19N3O3S/c21-16(19-24(22,23)20-12-2-1-3-13-20)10-9-15-7-4-6-14-8-5-11-18-17(14)15/h4-11H,1-3,12-13H2,(H,19,21)/b10-9+. The molecule has 1 aromatic carbocycles. The first-order valence-electron chi connectivity index (χ1n) is 7.90. The van der Waals surface area contributed by atoms with Crippen LogP contribution < -0.4 is 4.72 Å². The molecule has 6 nitrogen and oxygen atoms in total. The first-order chi connectivity index (χ1) is 11.6. The van der Waals surface area contributed by atoms with Gasteiger partial charge in [-0.25, -0.2) is 4.72 Å². The SMILES string of the molecule is O=C(/C=C/c1cccc2cccnc12)NS(=O)(=O)N1CCCCC1. The quantitative estimate of drug-likeness (QED) is 0.861. The van der Waals surface area contributed by atoms with Gasteiger partial charge < -0.3 is 0 Å². The number of amides is 1. The number of carbonyl (C=O) groups is 1. The summed E-state index contributed by atoms with van der Waals surface area (Å²) in [6.07, 6.45) is 7.16. The zero-order valence-electron chi connectivity index (χ0n) is 13.2. The van der Waals surface area contributed by atoms with Gasteiger partial charge in [-0.2, -0.15) is 12.7 Å². The van der Waals surface area contributed by atoms with Crippen molar-refractivity contribution in [1.82, 2.24) is 14.0 Å². The number of hydrogen-bond acceptors (Lipinski definition) is 4. The lowest BCUT2D eigenvalue weighted by Crippen LogP contribution is -2.45. The summed E-state index contributed by atoms with van der Waals surface area (Å²) in [5.74, 6) is -0.659. The molecule has 0 atom stereocenters. The number of nitrogens with zero attached hydrogens (tertiary/aromatic N) is 2. The summed E-state index contributed by atoms with van der Waals surface area (Å²) >= 11 is 0. The van der Waals surface area contributed by atoms with E-state index in [0.29, 0.717) is 13.1 Å². The van der Waals surface area contributed by atoms with Crippen LogP contribution in [0, 0.1) is 0 Å². The number of pyridine rings is 1. The lowest BCUT2D eigenvalue weighted by Gasteiger charge is -2.25. The average Bonchev–Trinajstić information content (AvgIpc) is 2.60. The van der Waals surface area contributed by atoms with Crippen LogP contribution >= 0.6 is 0 Å². The molecule has 126 valence electrons. The van der Waals surface area contributed by atoms with Crippen LogP contribution in [-0.2, 0) is 15.0 Å². The zero-order chi connectivity index (χ0) is 17.0. The molecular weight excluding hydrogens is 326 g/mol. The molecule has 0 unspecified atom stereocenters. The van der Waals surface area contributed by atoms with E-state index in [1.807, 2.05) is 30.3 Å². The number of rotatable bonds is 4. The van der Waals surface area contributed by atoms with Gasteiger partial charge in [0.15, 0.2) is 0 Å². The van der Waals surface area contributed by atoms with E-state index in [0.717, 1.165) is 35.7 Å². The number of aromatic nitrogens is 1. The van der Waals surface area contributed by atoms with Crippen molar-refractivity contribution in [2.45, 2.75) is 19.3 Å². The van der Waals surface area contributed by atoms with Crippen molar-refractivity contribution >= 4 is 33.1 Å². The number of benzene rings is 1. The Hall–Kier alpha value is -2.25. The van der Waals surface area contributed by atoms with E-state index in [1.54, 1.807) is 12.3 Å². The summed E-state index contributed by atoms with van der Waals surface area (Å²) in [7, 11) is -3.76. The van der Waals surface area contributed by atoms with Crippen LogP contribution in [-0.4, -0.2) is 36.7 Å². The summed E-state index contributed by atoms with van der Waals surface area (Å²) in [5, 5.41) is 0.959. The molecule has 0 radical (unpaired) electrons. The summed E-state index contributed by atoms with van der Waals surface area (Å²) < 4.78 is 27.8. The van der Waals surface area contributed by atoms with Crippen LogP contribution in [0.25, 0.3) is 17.0 Å². The molecule has 0 spiro atoms. The summed E-state index contributed by atoms with van der Waals surface area (Å²) in [6, 6.07) is 9.40. The number of piperidine rings is 1. The van der Waals surface area contributed by atoms with E-state index in [2.05, 4.69) is 9.71 Å². The Morgan fingerprint density at radius 2 is 1.88 bits per heavy atom. The summed E-state index contributed by atoms with van der Waals surface area (Å²) in [6.45, 7) is 0.916. The molecule has 24 heavy (non-hydrogen) atoms. The van der Waals surface area contributed by atoms with Gasteiger partial charge >= 0.3 is 10.2 Å². The Morgan fingerprint density at radius 3 is 2.67 bits per heavy atom. The molecule has 1 aliphatic rings. The molecule has 0 aliphatic carbocycles. The lowest BCUT2D eigenvalue weighted by atomic mass is 10.1. The maximum atomic E-state index is 12.2. The maximum absolute atomic E-state index is 12.2. The maximum Gasteiger partial charge on any atom is 0.304 e. The molecule has 1 saturated heterocycles. The molecular formula is C17H19N3O3S. The Kier molecular flexibility index (Phi) is 4.92. The largest absolute Gasteiger partial charge is 0.304 e. The van der Waals surface area contributed by atoms with Gasteiger partial charge in [0.2, 0.25) is 0 Å². The molecule has 1 aliphatic heterocycles. The Balaban J connectivity index is 1.73. The van der Waals surface area contributed by atoms with Crippen molar-refractivity contribution in [1.29, 1.82) is 0 Å². The van der Waals surface area contributed by atoms with Gasteiger partial charge in [0.05, 0.1) is 5.52 Å². The molecule has 1 aromatic heterocycles. The topological polar surface area (TPSA) is 79.4 Å². The average molecular weight is 345 g/mol. The van der Waals surface area contributed by atoms with E-state index in [9.17, 15) is 13.2 Å². The number of fused-ring (bicyclic) bond motifs is 1. The van der Waals surface area contributed by atoms with Gasteiger partial charge in [-0.05, 0) is 25.0 Å². The van der Waals surface area contributed by atoms with Crippen LogP contribution in [0.5, 0.6) is 0 Å². The fourth-order valence-electron chi connectivity index (χ4n) is 2.76. The highest BCUT2D eigenvalue weighted by molar-refractivity contribution is 7.87. The highest BCUT2D eigenvalue weighted by Crippen LogP contribution is 2.17. The van der Waals surface area contributed by atoms with E-state index in [4.69, 9.17) is 0 Å². The third-order valence-corrected chi connectivity index (χ3v) is 5.47. The number of para-hydroxylation sites is 1. The molecule has 1 amide bonds. The van der Waals surface area contributed by atoms with E-state index in [-0.39, 0.29) is 0 Å². The Morgan fingerprint density at radius 1 is 1.12 bits per heavy atom. The Bertz CT molecular complexity index is 866. The first kappa shape index (κ1) is 16.6. The van der Waals surface area contributed by atoms with Gasteiger partial charge in [0.25, 0.3) is 5.91 Å². The predicted octanol–water partition coefficient (Wildman–Crippen LogP) is 2.09. The van der Waals surface area contributed by atoms with E-state index >= 15 is 0 Å². The van der Waals surface area contributed by atoms with E-state index < -0.39 is 16.1 Å². The summed E-state index contributed by atoms with van der Waals surface area (Å²) in [5.41, 5.74) is 1.53. The van der Waals surface area contributed by atoms with Gasteiger partial charge in [-0.1, -0.05) is 30.7 Å². The molecule has 7 heteroatoms. The minimum Gasteiger partial charge on any atom is -0.269 e.